The van der Waals surface area contributed by atoms with Gasteiger partial charge in [-0.25, -0.2) is 0 Å². The first kappa shape index (κ1) is 39.8. The highest BCUT2D eigenvalue weighted by Crippen LogP contribution is 2.29. The molecule has 0 amide bonds. The van der Waals surface area contributed by atoms with E-state index in [9.17, 15) is 10.1 Å². The summed E-state index contributed by atoms with van der Waals surface area (Å²) in [6.45, 7) is 22.6. The largest absolute Gasteiger partial charge is 0.463 e. The molecule has 45 heavy (non-hydrogen) atoms. The summed E-state index contributed by atoms with van der Waals surface area (Å²) in [5.41, 5.74) is 5.03. The lowest BCUT2D eigenvalue weighted by Crippen LogP contribution is -2.32. The van der Waals surface area contributed by atoms with E-state index >= 15 is 0 Å². The number of hydrogen-bond acceptors (Lipinski definition) is 6. The van der Waals surface area contributed by atoms with Crippen molar-refractivity contribution in [1.82, 2.24) is 9.97 Å². The van der Waals surface area contributed by atoms with Crippen LogP contribution in [0.4, 0.5) is 5.82 Å². The molecule has 1 heterocycles. The SMILES string of the molecule is C=CC[C@@H](CCCC)COc1nc(CC)c(CCCCC(=C/CC)/C(C)=C\C)c(N(CCCCC(=O)C=C)C[C@@H](C)CC#N)n1. The van der Waals surface area contributed by atoms with Crippen LogP contribution >= 0.6 is 0 Å². The van der Waals surface area contributed by atoms with Gasteiger partial charge in [0.05, 0.1) is 18.4 Å². The van der Waals surface area contributed by atoms with E-state index in [4.69, 9.17) is 14.7 Å². The van der Waals surface area contributed by atoms with Crippen LogP contribution in [0.25, 0.3) is 0 Å². The summed E-state index contributed by atoms with van der Waals surface area (Å²) in [6.07, 6.45) is 20.8. The molecule has 1 aromatic rings. The third-order valence-electron chi connectivity index (χ3n) is 8.41. The zero-order valence-electron chi connectivity index (χ0n) is 29.5. The maximum absolute atomic E-state index is 11.9. The van der Waals surface area contributed by atoms with E-state index in [1.807, 2.05) is 6.08 Å². The molecular weight excluding hydrogens is 556 g/mol. The molecule has 0 saturated carbocycles. The Morgan fingerprint density at radius 3 is 2.47 bits per heavy atom. The van der Waals surface area contributed by atoms with Crippen molar-refractivity contribution >= 4 is 11.6 Å². The molecule has 6 heteroatoms. The Bertz CT molecular complexity index is 1130. The number of allylic oxidation sites excluding steroid dienone is 6. The van der Waals surface area contributed by atoms with Gasteiger partial charge in [0, 0.05) is 31.5 Å². The van der Waals surface area contributed by atoms with Crippen LogP contribution in [0.3, 0.4) is 0 Å². The molecule has 250 valence electrons. The molecule has 0 fully saturated rings. The number of carbonyl (C=O) groups is 1. The summed E-state index contributed by atoms with van der Waals surface area (Å²) >= 11 is 0. The molecule has 2 atom stereocenters. The predicted molar refractivity (Wildman–Crippen MR) is 191 cm³/mol. The Morgan fingerprint density at radius 2 is 1.84 bits per heavy atom. The summed E-state index contributed by atoms with van der Waals surface area (Å²) in [4.78, 5) is 24.3. The average molecular weight is 619 g/mol. The van der Waals surface area contributed by atoms with Gasteiger partial charge in [-0.1, -0.05) is 70.9 Å². The maximum atomic E-state index is 11.9. The van der Waals surface area contributed by atoms with Crippen LogP contribution < -0.4 is 9.64 Å². The number of unbranched alkanes of at least 4 members (excludes halogenated alkanes) is 3. The Morgan fingerprint density at radius 1 is 1.09 bits per heavy atom. The van der Waals surface area contributed by atoms with Crippen molar-refractivity contribution in [2.45, 2.75) is 131 Å². The zero-order valence-corrected chi connectivity index (χ0v) is 29.5. The van der Waals surface area contributed by atoms with Crippen molar-refractivity contribution in [1.29, 1.82) is 5.26 Å². The Kier molecular flexibility index (Phi) is 21.3. The van der Waals surface area contributed by atoms with Gasteiger partial charge in [0.15, 0.2) is 5.78 Å². The molecule has 0 aliphatic carbocycles. The zero-order chi connectivity index (χ0) is 33.5. The minimum Gasteiger partial charge on any atom is -0.463 e. The second-order valence-electron chi connectivity index (χ2n) is 12.3. The first-order valence-corrected chi connectivity index (χ1v) is 17.5. The molecule has 0 aliphatic heterocycles. The van der Waals surface area contributed by atoms with E-state index < -0.39 is 0 Å². The molecule has 0 saturated heterocycles. The Hall–Kier alpha value is -3.20. The number of aromatic nitrogens is 2. The fourth-order valence-electron chi connectivity index (χ4n) is 5.65. The molecular formula is C39H62N4O2. The lowest BCUT2D eigenvalue weighted by atomic mass is 9.97. The third-order valence-corrected chi connectivity index (χ3v) is 8.41. The van der Waals surface area contributed by atoms with Crippen molar-refractivity contribution in [3.05, 3.63) is 59.9 Å². The molecule has 1 aromatic heterocycles. The minimum absolute atomic E-state index is 0.0767. The predicted octanol–water partition coefficient (Wildman–Crippen LogP) is 10.1. The van der Waals surface area contributed by atoms with Gasteiger partial charge >= 0.3 is 6.01 Å². The van der Waals surface area contributed by atoms with Crippen LogP contribution in [-0.2, 0) is 17.6 Å². The van der Waals surface area contributed by atoms with Crippen LogP contribution in [0.15, 0.2) is 48.6 Å². The van der Waals surface area contributed by atoms with Crippen molar-refractivity contribution in [2.75, 3.05) is 24.6 Å². The summed E-state index contributed by atoms with van der Waals surface area (Å²) in [5, 5.41) is 9.44. The van der Waals surface area contributed by atoms with Gasteiger partial charge in [-0.15, -0.1) is 6.58 Å². The van der Waals surface area contributed by atoms with Gasteiger partial charge < -0.3 is 9.64 Å². The standard InChI is InChI=1S/C39H62N4O2/c1-9-15-22-33(20-10-2)30-45-39-41-37(14-6)36(25-17-16-23-34(21-11-3)32(8)12-4)38(42-39)43(29-31(7)26-27-40)28-19-18-24-35(44)13-5/h10,12-13,21,31,33H,2,5,9,11,14-20,22-26,28-30H2,1,3-4,6-8H3/b32-12-,34-21-/t31-,33-/m0/s1. The van der Waals surface area contributed by atoms with Crippen molar-refractivity contribution in [2.24, 2.45) is 11.8 Å². The van der Waals surface area contributed by atoms with E-state index in [1.54, 1.807) is 0 Å². The highest BCUT2D eigenvalue weighted by atomic mass is 16.5. The smallest absolute Gasteiger partial charge is 0.318 e. The number of ketones is 1. The number of rotatable bonds is 26. The van der Waals surface area contributed by atoms with Crippen LogP contribution in [-0.4, -0.2) is 35.4 Å². The number of ether oxygens (including phenoxy) is 1. The topological polar surface area (TPSA) is 79.1 Å². The summed E-state index contributed by atoms with van der Waals surface area (Å²) in [7, 11) is 0. The Labute approximate surface area is 275 Å². The van der Waals surface area contributed by atoms with Gasteiger partial charge in [-0.05, 0) is 102 Å². The lowest BCUT2D eigenvalue weighted by molar-refractivity contribution is -0.114. The van der Waals surface area contributed by atoms with E-state index in [2.05, 4.69) is 77.8 Å². The van der Waals surface area contributed by atoms with E-state index in [-0.39, 0.29) is 11.7 Å². The molecule has 0 N–H and O–H groups in total. The second kappa shape index (κ2) is 24.1. The molecule has 0 spiro atoms. The van der Waals surface area contributed by atoms with Gasteiger partial charge in [-0.3, -0.25) is 4.79 Å². The highest BCUT2D eigenvalue weighted by Gasteiger charge is 2.22. The molecule has 1 rings (SSSR count). The number of carbonyl (C=O) groups excluding carboxylic acids is 1. The van der Waals surface area contributed by atoms with Gasteiger partial charge in [0.25, 0.3) is 0 Å². The third kappa shape index (κ3) is 15.6. The van der Waals surface area contributed by atoms with Crippen LogP contribution in [0.5, 0.6) is 6.01 Å². The minimum atomic E-state index is 0.0767. The molecule has 6 nitrogen and oxygen atoms in total. The number of nitriles is 1. The van der Waals surface area contributed by atoms with Crippen LogP contribution in [0, 0.1) is 23.2 Å². The van der Waals surface area contributed by atoms with Gasteiger partial charge in [-0.2, -0.15) is 15.2 Å². The summed E-state index contributed by atoms with van der Waals surface area (Å²) in [5.74, 6) is 1.57. The molecule has 0 bridgehead atoms. The number of hydrogen-bond donors (Lipinski definition) is 0. The van der Waals surface area contributed by atoms with Crippen molar-refractivity contribution in [3.63, 3.8) is 0 Å². The Balaban J connectivity index is 3.44. The van der Waals surface area contributed by atoms with E-state index in [0.717, 1.165) is 102 Å². The number of aryl methyl sites for hydroxylation is 1. The number of nitrogens with zero attached hydrogens (tertiary/aromatic N) is 4. The van der Waals surface area contributed by atoms with Gasteiger partial charge in [0.2, 0.25) is 0 Å². The quantitative estimate of drug-likeness (QED) is 0.0445. The monoisotopic (exact) mass is 618 g/mol. The van der Waals surface area contributed by atoms with E-state index in [1.165, 1.54) is 22.8 Å². The summed E-state index contributed by atoms with van der Waals surface area (Å²) < 4.78 is 6.33. The molecule has 0 aliphatic rings. The van der Waals surface area contributed by atoms with Crippen molar-refractivity contribution < 1.29 is 9.53 Å². The normalized spacial score (nSPS) is 13.2. The fraction of sp³-hybridized carbons (Fsp3) is 0.641. The summed E-state index contributed by atoms with van der Waals surface area (Å²) in [6, 6.07) is 2.78. The van der Waals surface area contributed by atoms with Crippen LogP contribution in [0.2, 0.25) is 0 Å². The fourth-order valence-corrected chi connectivity index (χ4v) is 5.65. The average Bonchev–Trinajstić information content (AvgIpc) is 3.04. The van der Waals surface area contributed by atoms with Gasteiger partial charge in [0.1, 0.15) is 5.82 Å². The van der Waals surface area contributed by atoms with Crippen molar-refractivity contribution in [3.8, 4) is 12.1 Å². The number of anilines is 1. The second-order valence-corrected chi connectivity index (χ2v) is 12.3. The first-order valence-electron chi connectivity index (χ1n) is 17.5. The molecule has 0 aromatic carbocycles. The highest BCUT2D eigenvalue weighted by molar-refractivity contribution is 5.88. The lowest BCUT2D eigenvalue weighted by Gasteiger charge is -2.29. The van der Waals surface area contributed by atoms with Crippen LogP contribution in [0.1, 0.15) is 130 Å². The maximum Gasteiger partial charge on any atom is 0.318 e. The molecule has 0 radical (unpaired) electrons. The van der Waals surface area contributed by atoms with E-state index in [0.29, 0.717) is 31.4 Å². The first-order chi connectivity index (χ1) is 21.8. The molecule has 0 unspecified atom stereocenters.